The molecule has 1 fully saturated rings. The Kier molecular flexibility index (Phi) is 4.23. The van der Waals surface area contributed by atoms with Crippen molar-refractivity contribution in [3.8, 4) is 0 Å². The minimum absolute atomic E-state index is 0.368. The van der Waals surface area contributed by atoms with Gasteiger partial charge in [-0.3, -0.25) is 14.9 Å². The van der Waals surface area contributed by atoms with Crippen LogP contribution in [0, 0.1) is 0 Å². The highest BCUT2D eigenvalue weighted by Crippen LogP contribution is 2.18. The van der Waals surface area contributed by atoms with E-state index >= 15 is 0 Å². The van der Waals surface area contributed by atoms with Crippen LogP contribution in [0.3, 0.4) is 0 Å². The smallest absolute Gasteiger partial charge is 0.301 e. The van der Waals surface area contributed by atoms with Crippen LogP contribution in [0.5, 0.6) is 0 Å². The fourth-order valence-corrected chi connectivity index (χ4v) is 2.90. The Bertz CT molecular complexity index is 664. The number of carbonyl (C=O) groups is 2. The molecule has 0 atom stereocenters. The number of fused-ring (bicyclic) bond motifs is 1. The fourth-order valence-electron chi connectivity index (χ4n) is 2.20. The van der Waals surface area contributed by atoms with Crippen LogP contribution in [-0.4, -0.2) is 46.7 Å². The predicted molar refractivity (Wildman–Crippen MR) is 81.1 cm³/mol. The normalized spacial score (nSPS) is 16.0. The molecule has 21 heavy (non-hydrogen) atoms. The summed E-state index contributed by atoms with van der Waals surface area (Å²) in [5.74, 6) is -0.391. The van der Waals surface area contributed by atoms with Gasteiger partial charge in [-0.05, 0) is 6.07 Å². The number of aromatic nitrogens is 1. The monoisotopic (exact) mass is 305 g/mol. The van der Waals surface area contributed by atoms with Crippen molar-refractivity contribution in [2.75, 3.05) is 26.3 Å². The van der Waals surface area contributed by atoms with Gasteiger partial charge in [-0.2, -0.15) is 0 Å². The van der Waals surface area contributed by atoms with Crippen LogP contribution in [0.25, 0.3) is 10.9 Å². The summed E-state index contributed by atoms with van der Waals surface area (Å²) in [6.45, 7) is 2.58. The lowest BCUT2D eigenvalue weighted by Gasteiger charge is -2.24. The maximum absolute atomic E-state index is 12.2. The second kappa shape index (κ2) is 6.30. The summed E-state index contributed by atoms with van der Waals surface area (Å²) in [7, 11) is 0. The molecule has 0 unspecified atom stereocenters. The summed E-state index contributed by atoms with van der Waals surface area (Å²) in [6.07, 6.45) is 1.62. The lowest BCUT2D eigenvalue weighted by atomic mass is 10.2. The number of ether oxygens (including phenoxy) is 1. The molecule has 110 valence electrons. The van der Waals surface area contributed by atoms with E-state index in [2.05, 4.69) is 10.3 Å². The van der Waals surface area contributed by atoms with Crippen molar-refractivity contribution in [1.82, 2.24) is 14.6 Å². The minimum atomic E-state index is -0.391. The number of para-hydroxylation sites is 1. The molecular weight excluding hydrogens is 290 g/mol. The van der Waals surface area contributed by atoms with E-state index in [1.807, 2.05) is 28.6 Å². The summed E-state index contributed by atoms with van der Waals surface area (Å²) in [5, 5.41) is 2.84. The Morgan fingerprint density at radius 1 is 1.24 bits per heavy atom. The van der Waals surface area contributed by atoms with Crippen molar-refractivity contribution in [2.45, 2.75) is 0 Å². The van der Waals surface area contributed by atoms with Crippen LogP contribution in [0.4, 0.5) is 4.79 Å². The molecule has 1 aliphatic rings. The van der Waals surface area contributed by atoms with Gasteiger partial charge < -0.3 is 9.72 Å². The number of rotatable bonds is 2. The molecule has 2 amide bonds. The quantitative estimate of drug-likeness (QED) is 0.830. The van der Waals surface area contributed by atoms with E-state index in [0.717, 1.165) is 22.9 Å². The number of amides is 2. The van der Waals surface area contributed by atoms with E-state index in [9.17, 15) is 9.59 Å². The second-order valence-electron chi connectivity index (χ2n) is 4.62. The number of hydrogen-bond acceptors (Lipinski definition) is 5. The minimum Gasteiger partial charge on any atom is -0.379 e. The SMILES string of the molecule is O=C(NC(=O)c1c[nH]c2ccccc12)SN1CCOCC1. The molecule has 1 aromatic heterocycles. The van der Waals surface area contributed by atoms with Crippen molar-refractivity contribution >= 4 is 34.0 Å². The van der Waals surface area contributed by atoms with Crippen LogP contribution >= 0.6 is 11.9 Å². The van der Waals surface area contributed by atoms with Gasteiger partial charge in [-0.1, -0.05) is 18.2 Å². The van der Waals surface area contributed by atoms with Crippen LogP contribution in [0.1, 0.15) is 10.4 Å². The van der Waals surface area contributed by atoms with E-state index in [0.29, 0.717) is 31.9 Å². The average molecular weight is 305 g/mol. The van der Waals surface area contributed by atoms with E-state index in [4.69, 9.17) is 4.74 Å². The summed E-state index contributed by atoms with van der Waals surface area (Å²) >= 11 is 1.02. The molecule has 0 bridgehead atoms. The fraction of sp³-hybridized carbons (Fsp3) is 0.286. The third-order valence-corrected chi connectivity index (χ3v) is 4.12. The molecule has 2 aromatic rings. The van der Waals surface area contributed by atoms with Crippen LogP contribution in [0.15, 0.2) is 30.5 Å². The zero-order valence-corrected chi connectivity index (χ0v) is 12.1. The van der Waals surface area contributed by atoms with Gasteiger partial charge in [0.05, 0.1) is 18.8 Å². The molecule has 1 aromatic carbocycles. The van der Waals surface area contributed by atoms with Gasteiger partial charge in [0.25, 0.3) is 5.91 Å². The molecule has 3 rings (SSSR count). The number of hydrogen-bond donors (Lipinski definition) is 2. The summed E-state index contributed by atoms with van der Waals surface area (Å²) < 4.78 is 7.10. The third kappa shape index (κ3) is 3.26. The zero-order chi connectivity index (χ0) is 14.7. The number of nitrogens with zero attached hydrogens (tertiary/aromatic N) is 1. The Hall–Kier alpha value is -1.83. The van der Waals surface area contributed by atoms with Crippen LogP contribution in [-0.2, 0) is 4.74 Å². The third-order valence-electron chi connectivity index (χ3n) is 3.23. The molecule has 7 heteroatoms. The van der Waals surface area contributed by atoms with Crippen LogP contribution in [0.2, 0.25) is 0 Å². The van der Waals surface area contributed by atoms with Crippen molar-refractivity contribution in [3.05, 3.63) is 36.0 Å². The van der Waals surface area contributed by atoms with Gasteiger partial charge in [0.15, 0.2) is 0 Å². The largest absolute Gasteiger partial charge is 0.379 e. The van der Waals surface area contributed by atoms with Gasteiger partial charge >= 0.3 is 5.24 Å². The van der Waals surface area contributed by atoms with Crippen molar-refractivity contribution in [1.29, 1.82) is 0 Å². The summed E-state index contributed by atoms with van der Waals surface area (Å²) in [6, 6.07) is 7.48. The van der Waals surface area contributed by atoms with Gasteiger partial charge in [-0.25, -0.2) is 4.31 Å². The first-order valence-corrected chi connectivity index (χ1v) is 7.43. The number of imide groups is 1. The van der Waals surface area contributed by atoms with Crippen molar-refractivity contribution < 1.29 is 14.3 Å². The van der Waals surface area contributed by atoms with Gasteiger partial charge in [0.1, 0.15) is 0 Å². The van der Waals surface area contributed by atoms with E-state index in [1.165, 1.54) is 0 Å². The zero-order valence-electron chi connectivity index (χ0n) is 11.3. The Balaban J connectivity index is 1.64. The topological polar surface area (TPSA) is 74.4 Å². The number of benzene rings is 1. The van der Waals surface area contributed by atoms with E-state index in [1.54, 1.807) is 6.20 Å². The Labute approximate surface area is 126 Å². The molecule has 2 N–H and O–H groups in total. The predicted octanol–water partition coefficient (Wildman–Crippen LogP) is 2.00. The molecule has 0 saturated carbocycles. The number of aromatic amines is 1. The summed E-state index contributed by atoms with van der Waals surface area (Å²) in [5.41, 5.74) is 1.34. The van der Waals surface area contributed by atoms with E-state index < -0.39 is 5.91 Å². The highest BCUT2D eigenvalue weighted by molar-refractivity contribution is 8.11. The maximum atomic E-state index is 12.2. The Morgan fingerprint density at radius 3 is 2.81 bits per heavy atom. The van der Waals surface area contributed by atoms with E-state index in [-0.39, 0.29) is 5.24 Å². The summed E-state index contributed by atoms with van der Waals surface area (Å²) in [4.78, 5) is 27.1. The Morgan fingerprint density at radius 2 is 2.00 bits per heavy atom. The van der Waals surface area contributed by atoms with Gasteiger partial charge in [-0.15, -0.1) is 0 Å². The molecule has 0 spiro atoms. The molecular formula is C14H15N3O3S. The highest BCUT2D eigenvalue weighted by Gasteiger charge is 2.19. The molecule has 6 nitrogen and oxygen atoms in total. The molecule has 1 aliphatic heterocycles. The second-order valence-corrected chi connectivity index (χ2v) is 5.69. The molecule has 1 saturated heterocycles. The standard InChI is InChI=1S/C14H15N3O3S/c18-13(11-9-15-12-4-2-1-3-10(11)12)16-14(19)21-17-5-7-20-8-6-17/h1-4,9,15H,5-8H2,(H,16,18,19). The molecule has 2 heterocycles. The first-order chi connectivity index (χ1) is 10.2. The first kappa shape index (κ1) is 14.1. The highest BCUT2D eigenvalue weighted by atomic mass is 32.2. The average Bonchev–Trinajstić information content (AvgIpc) is 2.92. The number of carbonyl (C=O) groups excluding carboxylic acids is 2. The number of H-pyrrole nitrogens is 1. The van der Waals surface area contributed by atoms with Crippen LogP contribution < -0.4 is 5.32 Å². The lowest BCUT2D eigenvalue weighted by Crippen LogP contribution is -2.35. The lowest BCUT2D eigenvalue weighted by molar-refractivity contribution is 0.0775. The first-order valence-electron chi connectivity index (χ1n) is 6.66. The van der Waals surface area contributed by atoms with Gasteiger partial charge in [0, 0.05) is 42.1 Å². The maximum Gasteiger partial charge on any atom is 0.301 e. The number of morpholine rings is 1. The van der Waals surface area contributed by atoms with Crippen molar-refractivity contribution in [3.63, 3.8) is 0 Å². The van der Waals surface area contributed by atoms with Gasteiger partial charge in [0.2, 0.25) is 0 Å². The molecule has 0 radical (unpaired) electrons. The molecule has 0 aliphatic carbocycles. The number of nitrogens with one attached hydrogen (secondary N) is 2. The van der Waals surface area contributed by atoms with Crippen molar-refractivity contribution in [2.24, 2.45) is 0 Å².